The first-order valence-electron chi connectivity index (χ1n) is 6.22. The van der Waals surface area contributed by atoms with Crippen LogP contribution in [0.1, 0.15) is 29.9 Å². The van der Waals surface area contributed by atoms with Gasteiger partial charge in [0.25, 0.3) is 0 Å². The molecular weight excluding hydrogens is 308 g/mol. The molecule has 1 aliphatic carbocycles. The van der Waals surface area contributed by atoms with Crippen LogP contribution in [0, 0.1) is 0 Å². The van der Waals surface area contributed by atoms with Crippen molar-refractivity contribution in [2.45, 2.75) is 31.3 Å². The summed E-state index contributed by atoms with van der Waals surface area (Å²) in [5, 5.41) is 8.34. The fourth-order valence-electron chi connectivity index (χ4n) is 2.84. The van der Waals surface area contributed by atoms with E-state index in [-0.39, 0.29) is 6.17 Å². The summed E-state index contributed by atoms with van der Waals surface area (Å²) in [4.78, 5) is 0. The second-order valence-corrected chi connectivity index (χ2v) is 5.97. The second kappa shape index (κ2) is 5.02. The van der Waals surface area contributed by atoms with Gasteiger partial charge in [0, 0.05) is 21.7 Å². The highest BCUT2D eigenvalue weighted by Crippen LogP contribution is 2.40. The zero-order chi connectivity index (χ0) is 12.5. The molecule has 2 atom stereocenters. The first-order valence-corrected chi connectivity index (χ1v) is 7.48. The van der Waals surface area contributed by atoms with Crippen molar-refractivity contribution in [3.8, 4) is 0 Å². The monoisotopic (exact) mass is 322 g/mol. The van der Waals surface area contributed by atoms with Gasteiger partial charge in [0.2, 0.25) is 0 Å². The molecule has 0 spiro atoms. The van der Waals surface area contributed by atoms with Crippen LogP contribution in [0.25, 0.3) is 0 Å². The van der Waals surface area contributed by atoms with E-state index in [1.807, 2.05) is 0 Å². The predicted molar refractivity (Wildman–Crippen MR) is 81.6 cm³/mol. The summed E-state index contributed by atoms with van der Waals surface area (Å²) in [6.45, 7) is 0. The topological polar surface area (TPSA) is 24.1 Å². The maximum absolute atomic E-state index is 4.94. The quantitative estimate of drug-likeness (QED) is 0.835. The number of thiocarbonyl (C=S) groups is 1. The van der Waals surface area contributed by atoms with Crippen LogP contribution in [-0.2, 0) is 6.42 Å². The molecule has 1 aromatic rings. The molecule has 3 rings (SSSR count). The van der Waals surface area contributed by atoms with Gasteiger partial charge in [-0.15, -0.1) is 0 Å². The summed E-state index contributed by atoms with van der Waals surface area (Å²) >= 11 is 8.58. The van der Waals surface area contributed by atoms with Crippen molar-refractivity contribution in [3.63, 3.8) is 0 Å². The van der Waals surface area contributed by atoms with E-state index in [1.54, 1.807) is 5.37 Å². The Labute approximate surface area is 121 Å². The Morgan fingerprint density at radius 3 is 3.11 bits per heavy atom. The third-order valence-electron chi connectivity index (χ3n) is 3.72. The van der Waals surface area contributed by atoms with E-state index in [9.17, 15) is 0 Å². The lowest BCUT2D eigenvalue weighted by molar-refractivity contribution is 0.628. The van der Waals surface area contributed by atoms with Crippen LogP contribution in [0.5, 0.6) is 0 Å². The summed E-state index contributed by atoms with van der Waals surface area (Å²) in [6.07, 6.45) is 5.66. The van der Waals surface area contributed by atoms with E-state index in [0.29, 0.717) is 5.92 Å². The van der Waals surface area contributed by atoms with Crippen molar-refractivity contribution in [2.75, 3.05) is 0 Å². The van der Waals surface area contributed by atoms with Crippen molar-refractivity contribution in [2.24, 2.45) is 0 Å². The standard InChI is InChI=1S/C14H15BrN2S/c15-13-3-1-2-11-9(4-5-12(11)13)6-10-7-16-14(8-18)17-10/h1-3,7-9,14,16-17H,4-6H2. The highest BCUT2D eigenvalue weighted by molar-refractivity contribution is 9.10. The third-order valence-corrected chi connectivity index (χ3v) is 4.73. The normalized spacial score (nSPS) is 25.1. The molecule has 0 saturated carbocycles. The summed E-state index contributed by atoms with van der Waals surface area (Å²) < 4.78 is 1.26. The summed E-state index contributed by atoms with van der Waals surface area (Å²) in [7, 11) is 0. The SMILES string of the molecule is S=CC1NC=C(CC2CCc3c(Br)cccc32)N1. The largest absolute Gasteiger partial charge is 0.366 e. The second-order valence-electron chi connectivity index (χ2n) is 4.84. The lowest BCUT2D eigenvalue weighted by Crippen LogP contribution is -2.32. The number of rotatable bonds is 3. The molecule has 0 amide bonds. The lowest BCUT2D eigenvalue weighted by atomic mass is 9.96. The number of benzene rings is 1. The number of allylic oxidation sites excluding steroid dienone is 1. The van der Waals surface area contributed by atoms with Gasteiger partial charge in [0.15, 0.2) is 0 Å². The van der Waals surface area contributed by atoms with Crippen LogP contribution in [0.3, 0.4) is 0 Å². The molecular formula is C14H15BrN2S. The molecule has 0 aromatic heterocycles. The Bertz CT molecular complexity index is 513. The number of hydrogen-bond donors (Lipinski definition) is 2. The number of hydrogen-bond acceptors (Lipinski definition) is 3. The minimum Gasteiger partial charge on any atom is -0.366 e. The molecule has 1 aromatic carbocycles. The lowest BCUT2D eigenvalue weighted by Gasteiger charge is -2.14. The van der Waals surface area contributed by atoms with Gasteiger partial charge in [0.1, 0.15) is 6.17 Å². The number of fused-ring (bicyclic) bond motifs is 1. The third kappa shape index (κ3) is 2.19. The van der Waals surface area contributed by atoms with Crippen molar-refractivity contribution in [1.29, 1.82) is 0 Å². The van der Waals surface area contributed by atoms with Crippen LogP contribution in [0.4, 0.5) is 0 Å². The fraction of sp³-hybridized carbons (Fsp3) is 0.357. The average molecular weight is 323 g/mol. The Morgan fingerprint density at radius 1 is 1.44 bits per heavy atom. The smallest absolute Gasteiger partial charge is 0.126 e. The van der Waals surface area contributed by atoms with Gasteiger partial charge in [-0.3, -0.25) is 0 Å². The molecule has 0 radical (unpaired) electrons. The van der Waals surface area contributed by atoms with Crippen LogP contribution >= 0.6 is 28.1 Å². The number of nitrogens with one attached hydrogen (secondary N) is 2. The molecule has 0 saturated heterocycles. The number of halogens is 1. The first-order chi connectivity index (χ1) is 8.78. The molecule has 2 unspecified atom stereocenters. The summed E-state index contributed by atoms with van der Waals surface area (Å²) in [5.74, 6) is 0.627. The van der Waals surface area contributed by atoms with Crippen LogP contribution in [-0.4, -0.2) is 11.5 Å². The minimum absolute atomic E-state index is 0.124. The summed E-state index contributed by atoms with van der Waals surface area (Å²) in [6, 6.07) is 6.53. The molecule has 18 heavy (non-hydrogen) atoms. The molecule has 2 N–H and O–H groups in total. The van der Waals surface area contributed by atoms with E-state index < -0.39 is 0 Å². The molecule has 2 nitrogen and oxygen atoms in total. The first kappa shape index (κ1) is 12.2. The van der Waals surface area contributed by atoms with Crippen LogP contribution < -0.4 is 10.6 Å². The Morgan fingerprint density at radius 2 is 2.33 bits per heavy atom. The average Bonchev–Trinajstić information content (AvgIpc) is 2.98. The van der Waals surface area contributed by atoms with E-state index >= 15 is 0 Å². The minimum atomic E-state index is 0.124. The van der Waals surface area contributed by atoms with E-state index in [0.717, 1.165) is 6.42 Å². The maximum atomic E-state index is 4.94. The van der Waals surface area contributed by atoms with E-state index in [4.69, 9.17) is 12.2 Å². The van der Waals surface area contributed by atoms with Gasteiger partial charge < -0.3 is 10.6 Å². The predicted octanol–water partition coefficient (Wildman–Crippen LogP) is 3.23. The van der Waals surface area contributed by atoms with Gasteiger partial charge in [0.05, 0.1) is 0 Å². The van der Waals surface area contributed by atoms with Gasteiger partial charge in [-0.1, -0.05) is 40.3 Å². The fourth-order valence-corrected chi connectivity index (χ4v) is 3.56. The van der Waals surface area contributed by atoms with Crippen LogP contribution in [0.15, 0.2) is 34.6 Å². The van der Waals surface area contributed by atoms with Crippen molar-refractivity contribution in [1.82, 2.24) is 10.6 Å². The van der Waals surface area contributed by atoms with Gasteiger partial charge >= 0.3 is 0 Å². The van der Waals surface area contributed by atoms with Crippen molar-refractivity contribution in [3.05, 3.63) is 45.7 Å². The highest BCUT2D eigenvalue weighted by atomic mass is 79.9. The molecule has 2 aliphatic rings. The Kier molecular flexibility index (Phi) is 3.39. The zero-order valence-electron chi connectivity index (χ0n) is 9.95. The molecule has 94 valence electrons. The molecule has 4 heteroatoms. The van der Waals surface area contributed by atoms with E-state index in [1.165, 1.54) is 34.1 Å². The Balaban J connectivity index is 1.74. The van der Waals surface area contributed by atoms with Gasteiger partial charge in [-0.05, 0) is 42.4 Å². The summed E-state index contributed by atoms with van der Waals surface area (Å²) in [5.41, 5.74) is 4.25. The van der Waals surface area contributed by atoms with Crippen molar-refractivity contribution < 1.29 is 0 Å². The highest BCUT2D eigenvalue weighted by Gasteiger charge is 2.26. The zero-order valence-corrected chi connectivity index (χ0v) is 12.4. The molecule has 1 aliphatic heterocycles. The van der Waals surface area contributed by atoms with Crippen LogP contribution in [0.2, 0.25) is 0 Å². The van der Waals surface area contributed by atoms with E-state index in [2.05, 4.69) is 51.0 Å². The van der Waals surface area contributed by atoms with Gasteiger partial charge in [-0.25, -0.2) is 0 Å². The molecule has 1 heterocycles. The van der Waals surface area contributed by atoms with Gasteiger partial charge in [-0.2, -0.15) is 0 Å². The molecule has 0 bridgehead atoms. The Hall–Kier alpha value is -0.870. The molecule has 0 fully saturated rings. The van der Waals surface area contributed by atoms with Crippen molar-refractivity contribution >= 4 is 33.5 Å². The maximum Gasteiger partial charge on any atom is 0.126 e.